The van der Waals surface area contributed by atoms with Gasteiger partial charge in [-0.3, -0.25) is 4.79 Å². The van der Waals surface area contributed by atoms with Crippen LogP contribution in [0.5, 0.6) is 0 Å². The van der Waals surface area contributed by atoms with Crippen molar-refractivity contribution in [2.75, 3.05) is 12.3 Å². The molecule has 11 heavy (non-hydrogen) atoms. The molecule has 0 radical (unpaired) electrons. The fourth-order valence-electron chi connectivity index (χ4n) is 1.14. The van der Waals surface area contributed by atoms with E-state index in [0.717, 1.165) is 12.3 Å². The van der Waals surface area contributed by atoms with Crippen molar-refractivity contribution in [3.05, 3.63) is 0 Å². The molecule has 1 aliphatic rings. The SMILES string of the molecule is CC(C)C1CC(=O)NCCS1. The number of hydrogen-bond acceptors (Lipinski definition) is 2. The van der Waals surface area contributed by atoms with E-state index in [0.29, 0.717) is 17.6 Å². The lowest BCUT2D eigenvalue weighted by Gasteiger charge is -2.15. The Labute approximate surface area is 72.1 Å². The van der Waals surface area contributed by atoms with Gasteiger partial charge in [-0.2, -0.15) is 11.8 Å². The van der Waals surface area contributed by atoms with Gasteiger partial charge in [0, 0.05) is 24.0 Å². The number of amides is 1. The third-order valence-corrected chi connectivity index (χ3v) is 3.47. The van der Waals surface area contributed by atoms with E-state index in [-0.39, 0.29) is 5.91 Å². The van der Waals surface area contributed by atoms with E-state index in [1.54, 1.807) is 0 Å². The van der Waals surface area contributed by atoms with E-state index in [1.165, 1.54) is 0 Å². The van der Waals surface area contributed by atoms with Crippen LogP contribution < -0.4 is 5.32 Å². The molecule has 1 rings (SSSR count). The smallest absolute Gasteiger partial charge is 0.221 e. The lowest BCUT2D eigenvalue weighted by Crippen LogP contribution is -2.25. The maximum atomic E-state index is 11.1. The Balaban J connectivity index is 2.45. The summed E-state index contributed by atoms with van der Waals surface area (Å²) in [5.41, 5.74) is 0. The quantitative estimate of drug-likeness (QED) is 0.647. The van der Waals surface area contributed by atoms with Crippen molar-refractivity contribution in [2.45, 2.75) is 25.5 Å². The van der Waals surface area contributed by atoms with Crippen LogP contribution in [0.25, 0.3) is 0 Å². The predicted molar refractivity (Wildman–Crippen MR) is 48.7 cm³/mol. The van der Waals surface area contributed by atoms with Gasteiger partial charge in [-0.25, -0.2) is 0 Å². The van der Waals surface area contributed by atoms with Crippen molar-refractivity contribution in [3.63, 3.8) is 0 Å². The molecule has 0 bridgehead atoms. The maximum Gasteiger partial charge on any atom is 0.221 e. The van der Waals surface area contributed by atoms with Crippen molar-refractivity contribution in [1.82, 2.24) is 5.32 Å². The minimum Gasteiger partial charge on any atom is -0.355 e. The summed E-state index contributed by atoms with van der Waals surface area (Å²) in [6, 6.07) is 0. The van der Waals surface area contributed by atoms with E-state index >= 15 is 0 Å². The Kier molecular flexibility index (Phi) is 3.24. The van der Waals surface area contributed by atoms with Gasteiger partial charge in [-0.05, 0) is 5.92 Å². The number of carbonyl (C=O) groups excluding carboxylic acids is 1. The first kappa shape index (κ1) is 8.91. The van der Waals surface area contributed by atoms with E-state index in [1.807, 2.05) is 11.8 Å². The molecular weight excluding hydrogens is 158 g/mol. The van der Waals surface area contributed by atoms with Gasteiger partial charge in [0.05, 0.1) is 0 Å². The van der Waals surface area contributed by atoms with E-state index in [9.17, 15) is 4.79 Å². The highest BCUT2D eigenvalue weighted by Crippen LogP contribution is 2.23. The van der Waals surface area contributed by atoms with Gasteiger partial charge in [0.2, 0.25) is 5.91 Å². The number of nitrogens with one attached hydrogen (secondary N) is 1. The van der Waals surface area contributed by atoms with Crippen molar-refractivity contribution in [3.8, 4) is 0 Å². The summed E-state index contributed by atoms with van der Waals surface area (Å²) in [6.07, 6.45) is 0.697. The zero-order valence-corrected chi connectivity index (χ0v) is 7.91. The molecule has 1 heterocycles. The topological polar surface area (TPSA) is 29.1 Å². The molecule has 0 saturated carbocycles. The summed E-state index contributed by atoms with van der Waals surface area (Å²) in [5, 5.41) is 3.40. The van der Waals surface area contributed by atoms with Gasteiger partial charge in [0.15, 0.2) is 0 Å². The highest BCUT2D eigenvalue weighted by atomic mass is 32.2. The first-order valence-electron chi connectivity index (χ1n) is 4.08. The molecule has 1 saturated heterocycles. The Morgan fingerprint density at radius 3 is 3.00 bits per heavy atom. The van der Waals surface area contributed by atoms with Crippen molar-refractivity contribution in [1.29, 1.82) is 0 Å². The molecule has 0 spiro atoms. The van der Waals surface area contributed by atoms with Gasteiger partial charge in [-0.15, -0.1) is 0 Å². The lowest BCUT2D eigenvalue weighted by atomic mass is 10.1. The van der Waals surface area contributed by atoms with Crippen LogP contribution in [0.15, 0.2) is 0 Å². The Hall–Kier alpha value is -0.180. The predicted octanol–water partition coefficient (Wildman–Crippen LogP) is 1.26. The second-order valence-electron chi connectivity index (χ2n) is 3.21. The summed E-state index contributed by atoms with van der Waals surface area (Å²) >= 11 is 1.91. The number of hydrogen-bond donors (Lipinski definition) is 1. The third-order valence-electron chi connectivity index (χ3n) is 1.89. The van der Waals surface area contributed by atoms with Crippen LogP contribution in [-0.4, -0.2) is 23.5 Å². The number of rotatable bonds is 1. The summed E-state index contributed by atoms with van der Waals surface area (Å²) in [7, 11) is 0. The summed E-state index contributed by atoms with van der Waals surface area (Å²) in [6.45, 7) is 5.19. The molecule has 2 nitrogen and oxygen atoms in total. The molecule has 1 fully saturated rings. The standard InChI is InChI=1S/C8H15NOS/c1-6(2)7-5-8(10)9-3-4-11-7/h6-7H,3-5H2,1-2H3,(H,9,10). The monoisotopic (exact) mass is 173 g/mol. The molecule has 1 N–H and O–H groups in total. The van der Waals surface area contributed by atoms with Crippen LogP contribution >= 0.6 is 11.8 Å². The molecule has 1 amide bonds. The van der Waals surface area contributed by atoms with Gasteiger partial charge >= 0.3 is 0 Å². The highest BCUT2D eigenvalue weighted by Gasteiger charge is 2.20. The van der Waals surface area contributed by atoms with Crippen molar-refractivity contribution in [2.24, 2.45) is 5.92 Å². The largest absolute Gasteiger partial charge is 0.355 e. The molecule has 1 aliphatic heterocycles. The lowest BCUT2D eigenvalue weighted by molar-refractivity contribution is -0.120. The summed E-state index contributed by atoms with van der Waals surface area (Å²) < 4.78 is 0. The molecule has 3 heteroatoms. The minimum absolute atomic E-state index is 0.216. The van der Waals surface area contributed by atoms with E-state index in [4.69, 9.17) is 0 Å². The molecule has 64 valence electrons. The minimum atomic E-state index is 0.216. The fraction of sp³-hybridized carbons (Fsp3) is 0.875. The molecule has 0 aromatic rings. The first-order chi connectivity index (χ1) is 5.20. The summed E-state index contributed by atoms with van der Waals surface area (Å²) in [5.74, 6) is 1.90. The Morgan fingerprint density at radius 2 is 2.36 bits per heavy atom. The summed E-state index contributed by atoms with van der Waals surface area (Å²) in [4.78, 5) is 11.1. The number of carbonyl (C=O) groups is 1. The van der Waals surface area contributed by atoms with Gasteiger partial charge in [0.1, 0.15) is 0 Å². The molecule has 1 atom stereocenters. The zero-order chi connectivity index (χ0) is 8.27. The van der Waals surface area contributed by atoms with Crippen LogP contribution in [0.4, 0.5) is 0 Å². The Bertz CT molecular complexity index is 147. The third kappa shape index (κ3) is 2.73. The zero-order valence-electron chi connectivity index (χ0n) is 7.09. The average Bonchev–Trinajstić information content (AvgIpc) is 2.13. The van der Waals surface area contributed by atoms with Crippen molar-refractivity contribution >= 4 is 17.7 Å². The molecule has 1 unspecified atom stereocenters. The van der Waals surface area contributed by atoms with E-state index in [2.05, 4.69) is 19.2 Å². The van der Waals surface area contributed by atoms with Crippen LogP contribution in [0.2, 0.25) is 0 Å². The van der Waals surface area contributed by atoms with Gasteiger partial charge < -0.3 is 5.32 Å². The van der Waals surface area contributed by atoms with Crippen LogP contribution in [0, 0.1) is 5.92 Å². The fourth-order valence-corrected chi connectivity index (χ4v) is 2.32. The second kappa shape index (κ2) is 4.00. The van der Waals surface area contributed by atoms with Crippen LogP contribution in [0.3, 0.4) is 0 Å². The van der Waals surface area contributed by atoms with Gasteiger partial charge in [0.25, 0.3) is 0 Å². The average molecular weight is 173 g/mol. The normalized spacial score (nSPS) is 26.5. The van der Waals surface area contributed by atoms with Crippen LogP contribution in [-0.2, 0) is 4.79 Å². The van der Waals surface area contributed by atoms with Crippen LogP contribution in [0.1, 0.15) is 20.3 Å². The molecule has 0 aromatic carbocycles. The first-order valence-corrected chi connectivity index (χ1v) is 5.13. The van der Waals surface area contributed by atoms with E-state index < -0.39 is 0 Å². The van der Waals surface area contributed by atoms with Gasteiger partial charge in [-0.1, -0.05) is 13.8 Å². The maximum absolute atomic E-state index is 11.1. The van der Waals surface area contributed by atoms with Crippen molar-refractivity contribution < 1.29 is 4.79 Å². The Morgan fingerprint density at radius 1 is 1.64 bits per heavy atom. The molecule has 0 aliphatic carbocycles. The second-order valence-corrected chi connectivity index (χ2v) is 4.55. The number of thioether (sulfide) groups is 1. The molecule has 0 aromatic heterocycles. The highest BCUT2D eigenvalue weighted by molar-refractivity contribution is 8.00. The molecular formula is C8H15NOS.